The Morgan fingerprint density at radius 1 is 1.03 bits per heavy atom. The number of benzene rings is 2. The van der Waals surface area contributed by atoms with Crippen molar-refractivity contribution < 1.29 is 19.1 Å². The first-order valence-corrected chi connectivity index (χ1v) is 10.6. The Morgan fingerprint density at radius 2 is 1.68 bits per heavy atom. The number of amides is 1. The first kappa shape index (κ1) is 19.7. The lowest BCUT2D eigenvalue weighted by Gasteiger charge is -2.51. The molecule has 3 aliphatic carbocycles. The van der Waals surface area contributed by atoms with E-state index in [1.165, 1.54) is 12.1 Å². The molecule has 3 saturated carbocycles. The normalized spacial score (nSPS) is 25.0. The molecule has 3 fully saturated rings. The maximum Gasteiger partial charge on any atom is 0.309 e. The third-order valence-corrected chi connectivity index (χ3v) is 7.31. The maximum atomic E-state index is 13.8. The smallest absolute Gasteiger partial charge is 0.309 e. The van der Waals surface area contributed by atoms with Gasteiger partial charge in [-0.15, -0.1) is 0 Å². The van der Waals surface area contributed by atoms with E-state index in [9.17, 15) is 19.1 Å². The van der Waals surface area contributed by atoms with Gasteiger partial charge in [0.1, 0.15) is 11.5 Å². The van der Waals surface area contributed by atoms with E-state index in [2.05, 4.69) is 10.4 Å². The Morgan fingerprint density at radius 3 is 2.29 bits per heavy atom. The zero-order valence-corrected chi connectivity index (χ0v) is 17.3. The zero-order chi connectivity index (χ0) is 21.8. The topological polar surface area (TPSA) is 84.2 Å². The summed E-state index contributed by atoms with van der Waals surface area (Å²) in [6, 6.07) is 11.8. The first-order chi connectivity index (χ1) is 14.8. The van der Waals surface area contributed by atoms with E-state index in [4.69, 9.17) is 0 Å². The molecule has 3 aromatic rings. The van der Waals surface area contributed by atoms with Crippen LogP contribution in [-0.4, -0.2) is 32.3 Å². The summed E-state index contributed by atoms with van der Waals surface area (Å²) in [5.41, 5.74) is 1.97. The van der Waals surface area contributed by atoms with Crippen LogP contribution < -0.4 is 5.32 Å². The van der Waals surface area contributed by atoms with Crippen LogP contribution in [0.25, 0.3) is 22.2 Å². The van der Waals surface area contributed by atoms with Crippen LogP contribution in [0, 0.1) is 11.2 Å². The van der Waals surface area contributed by atoms with Crippen LogP contribution in [0.3, 0.4) is 0 Å². The molecule has 0 aliphatic heterocycles. The number of carbonyl (C=O) groups is 2. The van der Waals surface area contributed by atoms with Gasteiger partial charge in [0.25, 0.3) is 5.91 Å². The first-order valence-electron chi connectivity index (χ1n) is 10.6. The molecule has 2 bridgehead atoms. The minimum absolute atomic E-state index is 0.145. The number of carboxylic acids is 1. The molecule has 6 nitrogen and oxygen atoms in total. The molecule has 0 unspecified atom stereocenters. The molecule has 0 saturated heterocycles. The van der Waals surface area contributed by atoms with Crippen LogP contribution in [0.4, 0.5) is 4.39 Å². The lowest BCUT2D eigenvalue weighted by Crippen LogP contribution is -2.58. The van der Waals surface area contributed by atoms with E-state index < -0.39 is 11.4 Å². The predicted octanol–water partition coefficient (Wildman–Crippen LogP) is 4.29. The van der Waals surface area contributed by atoms with Crippen molar-refractivity contribution in [1.29, 1.82) is 0 Å². The Bertz CT molecular complexity index is 1170. The summed E-state index contributed by atoms with van der Waals surface area (Å²) in [6.07, 6.45) is 3.96. The van der Waals surface area contributed by atoms with Crippen LogP contribution in [0.2, 0.25) is 0 Å². The molecule has 2 N–H and O–H groups in total. The monoisotopic (exact) mass is 421 g/mol. The minimum Gasteiger partial charge on any atom is -0.481 e. The fourth-order valence-corrected chi connectivity index (χ4v) is 5.24. The van der Waals surface area contributed by atoms with E-state index in [0.29, 0.717) is 49.8 Å². The van der Waals surface area contributed by atoms with Gasteiger partial charge >= 0.3 is 5.97 Å². The number of fused-ring (bicyclic) bond motifs is 4. The Kier molecular flexibility index (Phi) is 4.39. The molecule has 7 heteroatoms. The van der Waals surface area contributed by atoms with Crippen LogP contribution in [0.1, 0.15) is 48.9 Å². The van der Waals surface area contributed by atoms with E-state index in [0.717, 1.165) is 16.5 Å². The van der Waals surface area contributed by atoms with Crippen molar-refractivity contribution in [3.05, 3.63) is 53.8 Å². The molecule has 0 radical (unpaired) electrons. The molecular weight excluding hydrogens is 397 g/mol. The molecule has 0 spiro atoms. The summed E-state index contributed by atoms with van der Waals surface area (Å²) in [5.74, 6) is -1.17. The Labute approximate surface area is 179 Å². The van der Waals surface area contributed by atoms with Crippen molar-refractivity contribution in [2.24, 2.45) is 12.5 Å². The summed E-state index contributed by atoms with van der Waals surface area (Å²) in [6.45, 7) is 0. The van der Waals surface area contributed by atoms with Crippen LogP contribution in [0.15, 0.2) is 42.5 Å². The Balaban J connectivity index is 1.35. The van der Waals surface area contributed by atoms with Crippen molar-refractivity contribution in [2.75, 3.05) is 0 Å². The van der Waals surface area contributed by atoms with Gasteiger partial charge in [-0.2, -0.15) is 5.10 Å². The van der Waals surface area contributed by atoms with Crippen molar-refractivity contribution in [3.63, 3.8) is 0 Å². The standard InChI is InChI=1S/C24H24FN3O3/c1-28-19-7-6-17(25)14-18(19)20(27-28)15-2-4-16(5-3-15)21(29)26-24-11-8-23(9-12-24,10-13-24)22(30)31/h2-7,14H,8-13H2,1H3,(H,26,29)(H,30,31). The molecule has 1 amide bonds. The number of rotatable bonds is 4. The van der Waals surface area contributed by atoms with E-state index in [1.54, 1.807) is 22.9 Å². The van der Waals surface area contributed by atoms with Gasteiger partial charge in [0, 0.05) is 29.1 Å². The summed E-state index contributed by atoms with van der Waals surface area (Å²) >= 11 is 0. The van der Waals surface area contributed by atoms with Crippen molar-refractivity contribution in [2.45, 2.75) is 44.1 Å². The second kappa shape index (κ2) is 6.90. The van der Waals surface area contributed by atoms with E-state index in [1.807, 2.05) is 19.2 Å². The van der Waals surface area contributed by atoms with Crippen molar-refractivity contribution in [3.8, 4) is 11.3 Å². The highest BCUT2D eigenvalue weighted by Gasteiger charge is 2.53. The highest BCUT2D eigenvalue weighted by Crippen LogP contribution is 2.52. The van der Waals surface area contributed by atoms with Gasteiger partial charge in [0.2, 0.25) is 0 Å². The zero-order valence-electron chi connectivity index (χ0n) is 17.3. The Hall–Kier alpha value is -3.22. The molecule has 6 rings (SSSR count). The third-order valence-electron chi connectivity index (χ3n) is 7.31. The summed E-state index contributed by atoms with van der Waals surface area (Å²) in [4.78, 5) is 24.5. The van der Waals surface area contributed by atoms with Gasteiger partial charge in [0.05, 0.1) is 10.9 Å². The minimum atomic E-state index is -0.704. The van der Waals surface area contributed by atoms with Gasteiger partial charge in [-0.3, -0.25) is 14.3 Å². The molecule has 31 heavy (non-hydrogen) atoms. The average molecular weight is 421 g/mol. The number of aryl methyl sites for hydroxylation is 1. The number of carbonyl (C=O) groups excluding carboxylic acids is 1. The predicted molar refractivity (Wildman–Crippen MR) is 114 cm³/mol. The number of nitrogens with one attached hydrogen (secondary N) is 1. The van der Waals surface area contributed by atoms with Gasteiger partial charge in [-0.25, -0.2) is 4.39 Å². The molecule has 3 aliphatic rings. The van der Waals surface area contributed by atoms with Gasteiger partial charge in [-0.1, -0.05) is 12.1 Å². The highest BCUT2D eigenvalue weighted by atomic mass is 19.1. The quantitative estimate of drug-likeness (QED) is 0.658. The number of halogens is 1. The summed E-state index contributed by atoms with van der Waals surface area (Å²) in [5, 5.41) is 18.0. The maximum absolute atomic E-state index is 13.8. The average Bonchev–Trinajstić information content (AvgIpc) is 3.10. The van der Waals surface area contributed by atoms with Crippen LogP contribution in [-0.2, 0) is 11.8 Å². The van der Waals surface area contributed by atoms with E-state index in [-0.39, 0.29) is 17.3 Å². The fraction of sp³-hybridized carbons (Fsp3) is 0.375. The summed E-state index contributed by atoms with van der Waals surface area (Å²) < 4.78 is 15.5. The number of carboxylic acid groups (broad SMARTS) is 1. The molecule has 1 heterocycles. The molecular formula is C24H24FN3O3. The molecule has 0 atom stereocenters. The van der Waals surface area contributed by atoms with Gasteiger partial charge in [0.15, 0.2) is 0 Å². The fourth-order valence-electron chi connectivity index (χ4n) is 5.24. The van der Waals surface area contributed by atoms with E-state index >= 15 is 0 Å². The number of hydrogen-bond donors (Lipinski definition) is 2. The largest absolute Gasteiger partial charge is 0.481 e. The molecule has 1 aromatic heterocycles. The number of nitrogens with zero attached hydrogens (tertiary/aromatic N) is 2. The van der Waals surface area contributed by atoms with Crippen LogP contribution in [0.5, 0.6) is 0 Å². The third kappa shape index (κ3) is 3.19. The lowest BCUT2D eigenvalue weighted by atomic mass is 9.57. The summed E-state index contributed by atoms with van der Waals surface area (Å²) in [7, 11) is 1.82. The van der Waals surface area contributed by atoms with Gasteiger partial charge < -0.3 is 10.4 Å². The number of hydrogen-bond acceptors (Lipinski definition) is 3. The molecule has 160 valence electrons. The lowest BCUT2D eigenvalue weighted by molar-refractivity contribution is -0.156. The van der Waals surface area contributed by atoms with Crippen molar-refractivity contribution >= 4 is 22.8 Å². The SMILES string of the molecule is Cn1nc(-c2ccc(C(=O)NC34CCC(C(=O)O)(CC3)CC4)cc2)c2cc(F)ccc21. The molecule has 2 aromatic carbocycles. The van der Waals surface area contributed by atoms with Gasteiger partial charge in [-0.05, 0) is 68.9 Å². The number of aliphatic carboxylic acids is 1. The van der Waals surface area contributed by atoms with Crippen molar-refractivity contribution in [1.82, 2.24) is 15.1 Å². The number of aromatic nitrogens is 2. The highest BCUT2D eigenvalue weighted by molar-refractivity contribution is 5.97. The second-order valence-electron chi connectivity index (χ2n) is 9.03. The van der Waals surface area contributed by atoms with Crippen LogP contribution >= 0.6 is 0 Å². The second-order valence-corrected chi connectivity index (χ2v) is 9.03.